The van der Waals surface area contributed by atoms with Crippen LogP contribution < -0.4 is 5.32 Å². The minimum absolute atomic E-state index is 0.0580. The molecule has 0 atom stereocenters. The highest BCUT2D eigenvalue weighted by Gasteiger charge is 2.38. The number of aliphatic carboxylic acids is 1. The lowest BCUT2D eigenvalue weighted by atomic mass is 9.66. The second kappa shape index (κ2) is 4.14. The molecule has 6 heteroatoms. The zero-order chi connectivity index (χ0) is 10.7. The fourth-order valence-electron chi connectivity index (χ4n) is 1.93. The number of hydrogen-bond donors (Lipinski definition) is 2. The Kier molecular flexibility index (Phi) is 2.86. The molecule has 0 saturated heterocycles. The molecule has 0 radical (unpaired) electrons. The molecule has 1 fully saturated rings. The maximum Gasteiger partial charge on any atom is 0.303 e. The van der Waals surface area contributed by atoms with Crippen LogP contribution in [0, 0.1) is 5.41 Å². The van der Waals surface area contributed by atoms with Gasteiger partial charge in [0.2, 0.25) is 5.13 Å². The third kappa shape index (κ3) is 2.44. The first-order valence-corrected chi connectivity index (χ1v) is 5.80. The molecule has 1 saturated carbocycles. The van der Waals surface area contributed by atoms with E-state index in [2.05, 4.69) is 15.5 Å². The fourth-order valence-corrected chi connectivity index (χ4v) is 2.37. The molecular formula is C9H13N3O2S. The Labute approximate surface area is 91.5 Å². The SMILES string of the molecule is O=C(O)CC1(CNc2nncs2)CCC1. The summed E-state index contributed by atoms with van der Waals surface area (Å²) in [6.07, 6.45) is 3.36. The van der Waals surface area contributed by atoms with Crippen molar-refractivity contribution < 1.29 is 9.90 Å². The predicted octanol–water partition coefficient (Wildman–Crippen LogP) is 1.59. The summed E-state index contributed by atoms with van der Waals surface area (Å²) in [6, 6.07) is 0. The first-order valence-electron chi connectivity index (χ1n) is 4.92. The molecule has 0 aliphatic heterocycles. The monoisotopic (exact) mass is 227 g/mol. The van der Waals surface area contributed by atoms with Crippen molar-refractivity contribution in [2.45, 2.75) is 25.7 Å². The van der Waals surface area contributed by atoms with Gasteiger partial charge in [0.15, 0.2) is 0 Å². The van der Waals surface area contributed by atoms with Crippen molar-refractivity contribution in [1.29, 1.82) is 0 Å². The van der Waals surface area contributed by atoms with Gasteiger partial charge in [-0.3, -0.25) is 4.79 Å². The van der Waals surface area contributed by atoms with Gasteiger partial charge in [-0.1, -0.05) is 17.8 Å². The topological polar surface area (TPSA) is 75.1 Å². The van der Waals surface area contributed by atoms with Crippen LogP contribution >= 0.6 is 11.3 Å². The van der Waals surface area contributed by atoms with E-state index >= 15 is 0 Å². The Morgan fingerprint density at radius 1 is 1.67 bits per heavy atom. The van der Waals surface area contributed by atoms with Crippen LogP contribution in [0.3, 0.4) is 0 Å². The Morgan fingerprint density at radius 3 is 2.93 bits per heavy atom. The van der Waals surface area contributed by atoms with E-state index in [-0.39, 0.29) is 11.8 Å². The van der Waals surface area contributed by atoms with Crippen LogP contribution in [-0.4, -0.2) is 27.8 Å². The highest BCUT2D eigenvalue weighted by atomic mass is 32.1. The molecule has 0 spiro atoms. The standard InChI is InChI=1S/C9H13N3O2S/c13-7(14)4-9(2-1-3-9)5-10-8-12-11-6-15-8/h6H,1-5H2,(H,10,12)(H,13,14). The fraction of sp³-hybridized carbons (Fsp3) is 0.667. The molecule has 1 aromatic heterocycles. The largest absolute Gasteiger partial charge is 0.481 e. The van der Waals surface area contributed by atoms with Crippen LogP contribution in [-0.2, 0) is 4.79 Å². The summed E-state index contributed by atoms with van der Waals surface area (Å²) < 4.78 is 0. The molecule has 0 aromatic carbocycles. The molecule has 1 aliphatic rings. The van der Waals surface area contributed by atoms with Gasteiger partial charge in [0.1, 0.15) is 5.51 Å². The van der Waals surface area contributed by atoms with Gasteiger partial charge in [-0.2, -0.15) is 0 Å². The summed E-state index contributed by atoms with van der Waals surface area (Å²) in [5.41, 5.74) is 1.60. The van der Waals surface area contributed by atoms with Gasteiger partial charge in [-0.15, -0.1) is 10.2 Å². The van der Waals surface area contributed by atoms with Crippen LogP contribution in [0.4, 0.5) is 5.13 Å². The normalized spacial score (nSPS) is 18.1. The van der Waals surface area contributed by atoms with Gasteiger partial charge in [0, 0.05) is 6.54 Å². The van der Waals surface area contributed by atoms with Crippen molar-refractivity contribution in [3.8, 4) is 0 Å². The van der Waals surface area contributed by atoms with Gasteiger partial charge >= 0.3 is 5.97 Å². The molecule has 5 nitrogen and oxygen atoms in total. The lowest BCUT2D eigenvalue weighted by Crippen LogP contribution is -2.38. The third-order valence-electron chi connectivity index (χ3n) is 2.92. The molecule has 2 N–H and O–H groups in total. The van der Waals surface area contributed by atoms with Gasteiger partial charge in [-0.05, 0) is 18.3 Å². The molecule has 1 aliphatic carbocycles. The van der Waals surface area contributed by atoms with Crippen molar-refractivity contribution in [2.75, 3.05) is 11.9 Å². The van der Waals surface area contributed by atoms with E-state index < -0.39 is 5.97 Å². The third-order valence-corrected chi connectivity index (χ3v) is 3.56. The van der Waals surface area contributed by atoms with Crippen molar-refractivity contribution in [1.82, 2.24) is 10.2 Å². The number of carboxylic acids is 1. The number of rotatable bonds is 5. The number of aromatic nitrogens is 2. The molecule has 2 rings (SSSR count). The molecular weight excluding hydrogens is 214 g/mol. The van der Waals surface area contributed by atoms with E-state index in [4.69, 9.17) is 5.11 Å². The summed E-state index contributed by atoms with van der Waals surface area (Å²) in [6.45, 7) is 0.689. The smallest absolute Gasteiger partial charge is 0.303 e. The van der Waals surface area contributed by atoms with E-state index in [1.54, 1.807) is 5.51 Å². The van der Waals surface area contributed by atoms with E-state index in [9.17, 15) is 4.79 Å². The van der Waals surface area contributed by atoms with E-state index in [0.29, 0.717) is 6.54 Å². The summed E-state index contributed by atoms with van der Waals surface area (Å²) in [5, 5.41) is 20.3. The molecule has 1 aromatic rings. The molecule has 0 amide bonds. The summed E-state index contributed by atoms with van der Waals surface area (Å²) in [7, 11) is 0. The van der Waals surface area contributed by atoms with Crippen molar-refractivity contribution in [3.05, 3.63) is 5.51 Å². The second-order valence-corrected chi connectivity index (χ2v) is 4.85. The molecule has 0 bridgehead atoms. The number of carbonyl (C=O) groups is 1. The van der Waals surface area contributed by atoms with Crippen LogP contribution in [0.5, 0.6) is 0 Å². The zero-order valence-corrected chi connectivity index (χ0v) is 9.09. The lowest BCUT2D eigenvalue weighted by molar-refractivity contribution is -0.141. The number of nitrogens with one attached hydrogen (secondary N) is 1. The van der Waals surface area contributed by atoms with Crippen molar-refractivity contribution in [3.63, 3.8) is 0 Å². The first-order chi connectivity index (χ1) is 7.20. The second-order valence-electron chi connectivity index (χ2n) is 4.02. The first kappa shape index (κ1) is 10.4. The summed E-state index contributed by atoms with van der Waals surface area (Å²) >= 11 is 1.44. The molecule has 0 unspecified atom stereocenters. The average Bonchev–Trinajstić information content (AvgIpc) is 2.61. The van der Waals surface area contributed by atoms with E-state index in [1.165, 1.54) is 11.3 Å². The number of carboxylic acid groups (broad SMARTS) is 1. The Hall–Kier alpha value is -1.17. The quantitative estimate of drug-likeness (QED) is 0.799. The molecule has 15 heavy (non-hydrogen) atoms. The number of nitrogens with zero attached hydrogens (tertiary/aromatic N) is 2. The van der Waals surface area contributed by atoms with Crippen LogP contribution in [0.25, 0.3) is 0 Å². The van der Waals surface area contributed by atoms with Crippen LogP contribution in [0.2, 0.25) is 0 Å². The van der Waals surface area contributed by atoms with Gasteiger partial charge in [-0.25, -0.2) is 0 Å². The van der Waals surface area contributed by atoms with Crippen molar-refractivity contribution >= 4 is 22.4 Å². The predicted molar refractivity (Wildman–Crippen MR) is 56.9 cm³/mol. The van der Waals surface area contributed by atoms with Crippen LogP contribution in [0.15, 0.2) is 5.51 Å². The highest BCUT2D eigenvalue weighted by Crippen LogP contribution is 2.43. The summed E-state index contributed by atoms with van der Waals surface area (Å²) in [4.78, 5) is 10.7. The molecule has 1 heterocycles. The lowest BCUT2D eigenvalue weighted by Gasteiger charge is -2.40. The number of hydrogen-bond acceptors (Lipinski definition) is 5. The van der Waals surface area contributed by atoms with Gasteiger partial charge in [0.25, 0.3) is 0 Å². The van der Waals surface area contributed by atoms with Gasteiger partial charge in [0.05, 0.1) is 6.42 Å². The average molecular weight is 227 g/mol. The number of anilines is 1. The Morgan fingerprint density at radius 2 is 2.47 bits per heavy atom. The maximum absolute atomic E-state index is 10.7. The molecule has 82 valence electrons. The maximum atomic E-state index is 10.7. The van der Waals surface area contributed by atoms with Gasteiger partial charge < -0.3 is 10.4 Å². The minimum atomic E-state index is -0.714. The highest BCUT2D eigenvalue weighted by molar-refractivity contribution is 7.13. The zero-order valence-electron chi connectivity index (χ0n) is 8.27. The van der Waals surface area contributed by atoms with E-state index in [1.807, 2.05) is 0 Å². The Bertz CT molecular complexity index is 335. The summed E-state index contributed by atoms with van der Waals surface area (Å²) in [5.74, 6) is -0.714. The minimum Gasteiger partial charge on any atom is -0.481 e. The van der Waals surface area contributed by atoms with E-state index in [0.717, 1.165) is 24.4 Å². The van der Waals surface area contributed by atoms with Crippen LogP contribution in [0.1, 0.15) is 25.7 Å². The van der Waals surface area contributed by atoms with Crippen molar-refractivity contribution in [2.24, 2.45) is 5.41 Å². The Balaban J connectivity index is 1.88.